The summed E-state index contributed by atoms with van der Waals surface area (Å²) in [6, 6.07) is 1.18. The van der Waals surface area contributed by atoms with Gasteiger partial charge >= 0.3 is 13.3 Å². The first-order valence-electron chi connectivity index (χ1n) is 12.7. The van der Waals surface area contributed by atoms with Crippen LogP contribution in [0.3, 0.4) is 0 Å². The van der Waals surface area contributed by atoms with Crippen molar-refractivity contribution < 1.29 is 35.9 Å². The molecule has 2 heterocycles. The van der Waals surface area contributed by atoms with E-state index in [1.54, 1.807) is 27.7 Å². The number of nitrogens with one attached hydrogen (secondary N) is 1. The summed E-state index contributed by atoms with van der Waals surface area (Å²) in [5.74, 6) is 0. The first-order valence-corrected chi connectivity index (χ1v) is 19.1. The summed E-state index contributed by atoms with van der Waals surface area (Å²) >= 11 is 0. The van der Waals surface area contributed by atoms with Gasteiger partial charge in [0.15, 0.2) is 29.9 Å². The highest BCUT2D eigenvalue weighted by Gasteiger charge is 2.51. The van der Waals surface area contributed by atoms with Crippen LogP contribution in [0.15, 0.2) is 33.3 Å². The van der Waals surface area contributed by atoms with E-state index in [4.69, 9.17) is 22.9 Å². The SMILES string of the molecule is CO[C@@H]1C(O[Si](C)(C)C(C)(C)C)[C@@H](/C=C/S(=O)(=O)CP(=O)(OC(C)C)OC(C)C)O[C@H]1n1ccc(=O)[nH]c1=O. The van der Waals surface area contributed by atoms with Crippen LogP contribution in [-0.2, 0) is 37.3 Å². The van der Waals surface area contributed by atoms with Gasteiger partial charge in [0.05, 0.1) is 12.2 Å². The number of rotatable bonds is 12. The number of ether oxygens (including phenoxy) is 2. The molecule has 0 spiro atoms. The molecule has 0 amide bonds. The molecule has 0 saturated carbocycles. The van der Waals surface area contributed by atoms with Crippen LogP contribution in [0.2, 0.25) is 18.1 Å². The Labute approximate surface area is 231 Å². The zero-order chi connectivity index (χ0) is 30.0. The molecule has 1 aliphatic heterocycles. The van der Waals surface area contributed by atoms with Crippen molar-refractivity contribution in [2.24, 2.45) is 0 Å². The van der Waals surface area contributed by atoms with Crippen molar-refractivity contribution >= 4 is 25.8 Å². The maximum absolute atomic E-state index is 13.2. The van der Waals surface area contributed by atoms with Crippen molar-refractivity contribution in [3.8, 4) is 0 Å². The molecule has 1 unspecified atom stereocenters. The van der Waals surface area contributed by atoms with Crippen LogP contribution in [0.5, 0.6) is 0 Å². The molecule has 0 bridgehead atoms. The van der Waals surface area contributed by atoms with Crippen LogP contribution in [-0.4, -0.2) is 69.4 Å². The lowest BCUT2D eigenvalue weighted by Crippen LogP contribution is -2.49. The third kappa shape index (κ3) is 9.05. The van der Waals surface area contributed by atoms with Gasteiger partial charge in [0.1, 0.15) is 18.3 Å². The molecule has 2 rings (SSSR count). The van der Waals surface area contributed by atoms with Gasteiger partial charge in [0, 0.05) is 24.8 Å². The maximum atomic E-state index is 13.2. The van der Waals surface area contributed by atoms with Crippen molar-refractivity contribution in [1.29, 1.82) is 0 Å². The predicted molar refractivity (Wildman–Crippen MR) is 151 cm³/mol. The number of methoxy groups -OCH3 is 1. The minimum absolute atomic E-state index is 0.201. The lowest BCUT2D eigenvalue weighted by molar-refractivity contribution is -0.0482. The number of H-pyrrole nitrogens is 1. The van der Waals surface area contributed by atoms with E-state index >= 15 is 0 Å². The number of aromatic amines is 1. The van der Waals surface area contributed by atoms with E-state index in [0.717, 1.165) is 5.41 Å². The third-order valence-electron chi connectivity index (χ3n) is 6.42. The summed E-state index contributed by atoms with van der Waals surface area (Å²) in [7, 11) is -9.10. The summed E-state index contributed by atoms with van der Waals surface area (Å²) in [6.07, 6.45) is -2.05. The number of hydrogen-bond acceptors (Lipinski definition) is 10. The van der Waals surface area contributed by atoms with E-state index < -0.39 is 79.2 Å². The average Bonchev–Trinajstić information content (AvgIpc) is 3.05. The van der Waals surface area contributed by atoms with Gasteiger partial charge in [-0.2, -0.15) is 0 Å². The maximum Gasteiger partial charge on any atom is 0.346 e. The second-order valence-corrected chi connectivity index (χ2v) is 20.6. The number of aromatic nitrogens is 2. The van der Waals surface area contributed by atoms with Gasteiger partial charge in [-0.1, -0.05) is 20.8 Å². The minimum Gasteiger partial charge on any atom is -0.408 e. The Morgan fingerprint density at radius 1 is 1.13 bits per heavy atom. The molecule has 0 aliphatic carbocycles. The van der Waals surface area contributed by atoms with Gasteiger partial charge in [-0.15, -0.1) is 0 Å². The monoisotopic (exact) mass is 610 g/mol. The molecule has 1 aromatic heterocycles. The molecule has 1 N–H and O–H groups in total. The molecule has 12 nitrogen and oxygen atoms in total. The van der Waals surface area contributed by atoms with E-state index in [-0.39, 0.29) is 5.04 Å². The van der Waals surface area contributed by atoms with E-state index in [2.05, 4.69) is 25.8 Å². The molecular formula is C24H43N2O10PSSi. The highest BCUT2D eigenvalue weighted by atomic mass is 32.2. The molecule has 0 aromatic carbocycles. The molecule has 0 radical (unpaired) electrons. The van der Waals surface area contributed by atoms with Crippen LogP contribution in [0, 0.1) is 0 Å². The first-order chi connectivity index (χ1) is 17.7. The van der Waals surface area contributed by atoms with Gasteiger partial charge in [-0.05, 0) is 51.9 Å². The Balaban J connectivity index is 2.49. The Morgan fingerprint density at radius 2 is 1.69 bits per heavy atom. The summed E-state index contributed by atoms with van der Waals surface area (Å²) in [5, 5.41) is 0.706. The van der Waals surface area contributed by atoms with Crippen molar-refractivity contribution in [2.45, 2.75) is 103 Å². The fourth-order valence-corrected chi connectivity index (χ4v) is 9.39. The predicted octanol–water partition coefficient (Wildman–Crippen LogP) is 3.77. The van der Waals surface area contributed by atoms with Crippen LogP contribution >= 0.6 is 7.60 Å². The average molecular weight is 611 g/mol. The standard InChI is InChI=1S/C24H43N2O10PSSi/c1-16(2)34-37(29,35-17(3)4)15-38(30,31)14-12-18-20(36-39(9,10)24(5,6)7)21(32-8)22(33-18)26-13-11-19(27)25-23(26)28/h11-14,16-18,20-22H,15H2,1-10H3,(H,25,27,28)/b14-12+/t18-,20?,21-,22-/m1/s1. The second kappa shape index (κ2) is 12.6. The normalized spacial score (nSPS) is 23.4. The molecule has 1 saturated heterocycles. The van der Waals surface area contributed by atoms with E-state index in [0.29, 0.717) is 0 Å². The van der Waals surface area contributed by atoms with E-state index in [9.17, 15) is 22.6 Å². The number of hydrogen-bond donors (Lipinski definition) is 1. The van der Waals surface area contributed by atoms with Crippen LogP contribution in [0.25, 0.3) is 0 Å². The van der Waals surface area contributed by atoms with E-state index in [1.807, 2.05) is 13.1 Å². The van der Waals surface area contributed by atoms with Crippen molar-refractivity contribution in [3.63, 3.8) is 0 Å². The molecule has 4 atom stereocenters. The molecule has 39 heavy (non-hydrogen) atoms. The molecule has 15 heteroatoms. The van der Waals surface area contributed by atoms with Crippen molar-refractivity contribution in [1.82, 2.24) is 9.55 Å². The topological polar surface area (TPSA) is 152 Å². The molecule has 1 aliphatic rings. The second-order valence-electron chi connectivity index (χ2n) is 11.6. The highest BCUT2D eigenvalue weighted by Crippen LogP contribution is 2.52. The number of nitrogens with zero attached hydrogens (tertiary/aromatic N) is 1. The minimum atomic E-state index is -4.11. The Hall–Kier alpha value is -1.38. The Bertz CT molecular complexity index is 1270. The quantitative estimate of drug-likeness (QED) is 0.273. The first kappa shape index (κ1) is 33.8. The zero-order valence-corrected chi connectivity index (χ0v) is 27.1. The molecular weight excluding hydrogens is 567 g/mol. The fourth-order valence-electron chi connectivity index (χ4n) is 3.76. The zero-order valence-electron chi connectivity index (χ0n) is 24.4. The molecule has 1 fully saturated rings. The van der Waals surface area contributed by atoms with Crippen LogP contribution in [0.4, 0.5) is 0 Å². The Kier molecular flexibility index (Phi) is 11.0. The lowest BCUT2D eigenvalue weighted by atomic mass is 10.1. The summed E-state index contributed by atoms with van der Waals surface area (Å²) in [6.45, 7) is 16.8. The van der Waals surface area contributed by atoms with Gasteiger partial charge < -0.3 is 22.9 Å². The van der Waals surface area contributed by atoms with Crippen LogP contribution < -0.4 is 11.2 Å². The van der Waals surface area contributed by atoms with Gasteiger partial charge in [-0.3, -0.25) is 18.9 Å². The molecule has 224 valence electrons. The highest BCUT2D eigenvalue weighted by molar-refractivity contribution is 8.00. The molecule has 1 aromatic rings. The van der Waals surface area contributed by atoms with Crippen LogP contribution in [0.1, 0.15) is 54.7 Å². The smallest absolute Gasteiger partial charge is 0.346 e. The summed E-state index contributed by atoms with van der Waals surface area (Å²) in [5.41, 5.74) is -2.14. The lowest BCUT2D eigenvalue weighted by Gasteiger charge is -2.40. The van der Waals surface area contributed by atoms with Gasteiger partial charge in [-0.25, -0.2) is 13.2 Å². The fraction of sp³-hybridized carbons (Fsp3) is 0.750. The van der Waals surface area contributed by atoms with E-state index in [1.165, 1.54) is 30.0 Å². The summed E-state index contributed by atoms with van der Waals surface area (Å²) in [4.78, 5) is 26.4. The number of sulfone groups is 1. The van der Waals surface area contributed by atoms with Crippen molar-refractivity contribution in [3.05, 3.63) is 44.6 Å². The van der Waals surface area contributed by atoms with Gasteiger partial charge in [0.2, 0.25) is 0 Å². The third-order valence-corrected chi connectivity index (χ3v) is 15.7. The van der Waals surface area contributed by atoms with Gasteiger partial charge in [0.25, 0.3) is 5.56 Å². The largest absolute Gasteiger partial charge is 0.408 e. The Morgan fingerprint density at radius 3 is 2.15 bits per heavy atom. The summed E-state index contributed by atoms with van der Waals surface area (Å²) < 4.78 is 69.8. The van der Waals surface area contributed by atoms with Crippen molar-refractivity contribution in [2.75, 3.05) is 12.6 Å².